The highest BCUT2D eigenvalue weighted by Gasteiger charge is 2.23. The number of aromatic nitrogens is 4. The number of benzene rings is 2. The lowest BCUT2D eigenvalue weighted by atomic mass is 10.0. The SMILES string of the molecule is O=C(Cl)CCCOc1cccc(OCCCC(=O)Cl)c1-c1c2nc(cc3ccc([nH]3)c(-c3c(OCCCC(=O)Cl)cccc3OCCCC(=O)Cl)c3nc(cc4ccc1[nH]4)C=C3)C=C2. The van der Waals surface area contributed by atoms with Gasteiger partial charge in [0.1, 0.15) is 23.0 Å². The predicted octanol–water partition coefficient (Wildman–Crippen LogP) is 11.7. The zero-order valence-electron chi connectivity index (χ0n) is 34.4. The van der Waals surface area contributed by atoms with Gasteiger partial charge in [0, 0.05) is 58.9 Å². The van der Waals surface area contributed by atoms with E-state index in [1.54, 1.807) is 0 Å². The van der Waals surface area contributed by atoms with E-state index >= 15 is 0 Å². The van der Waals surface area contributed by atoms with Crippen molar-refractivity contribution in [3.63, 3.8) is 0 Å². The Kier molecular flexibility index (Phi) is 15.9. The topological polar surface area (TPSA) is 163 Å². The Bertz CT molecular complexity index is 2530. The van der Waals surface area contributed by atoms with E-state index in [1.165, 1.54) is 0 Å². The van der Waals surface area contributed by atoms with Gasteiger partial charge in [-0.3, -0.25) is 19.2 Å². The Labute approximate surface area is 388 Å². The zero-order chi connectivity index (χ0) is 45.0. The molecule has 0 fully saturated rings. The number of H-pyrrole nitrogens is 2. The van der Waals surface area contributed by atoms with Gasteiger partial charge in [0.2, 0.25) is 21.0 Å². The van der Waals surface area contributed by atoms with Gasteiger partial charge in [0.25, 0.3) is 0 Å². The molecule has 5 heterocycles. The maximum Gasteiger partial charge on any atom is 0.221 e. The molecule has 8 bridgehead atoms. The Balaban J connectivity index is 1.41. The molecule has 5 aromatic rings. The van der Waals surface area contributed by atoms with Gasteiger partial charge in [0.05, 0.1) is 60.3 Å². The summed E-state index contributed by atoms with van der Waals surface area (Å²) in [6.45, 7) is 0.864. The molecule has 7 rings (SSSR count). The Morgan fingerprint density at radius 3 is 1.08 bits per heavy atom. The van der Waals surface area contributed by atoms with Crippen LogP contribution in [0.25, 0.3) is 68.6 Å². The summed E-state index contributed by atoms with van der Waals surface area (Å²) in [5, 5.41) is -1.79. The number of halogens is 4. The van der Waals surface area contributed by atoms with Crippen LogP contribution in [0.15, 0.2) is 72.8 Å². The van der Waals surface area contributed by atoms with E-state index in [2.05, 4.69) is 9.97 Å². The highest BCUT2D eigenvalue weighted by atomic mass is 35.5. The summed E-state index contributed by atoms with van der Waals surface area (Å²) in [4.78, 5) is 63.4. The number of nitrogens with one attached hydrogen (secondary N) is 2. The monoisotopic (exact) mass is 942 g/mol. The summed E-state index contributed by atoms with van der Waals surface area (Å²) in [7, 11) is 0. The van der Waals surface area contributed by atoms with Crippen molar-refractivity contribution in [1.82, 2.24) is 19.9 Å². The fraction of sp³-hybridized carbons (Fsp3) is 0.250. The number of carbonyl (C=O) groups is 4. The lowest BCUT2D eigenvalue weighted by Gasteiger charge is -2.17. The first kappa shape index (κ1) is 46.1. The first-order chi connectivity index (χ1) is 31.0. The van der Waals surface area contributed by atoms with Gasteiger partial charge in [-0.05, 0) is 157 Å². The third-order valence-corrected chi connectivity index (χ3v) is 10.7. The molecule has 0 atom stereocenters. The quantitative estimate of drug-likeness (QED) is 0.0494. The average molecular weight is 945 g/mol. The predicted molar refractivity (Wildman–Crippen MR) is 252 cm³/mol. The molecule has 2 aliphatic rings. The Hall–Kier alpha value is -5.92. The van der Waals surface area contributed by atoms with Gasteiger partial charge in [-0.15, -0.1) is 0 Å². The van der Waals surface area contributed by atoms with Gasteiger partial charge >= 0.3 is 0 Å². The molecule has 2 aliphatic heterocycles. The highest BCUT2D eigenvalue weighted by Crippen LogP contribution is 2.45. The van der Waals surface area contributed by atoms with Crippen molar-refractivity contribution in [1.29, 1.82) is 0 Å². The molecule has 2 aromatic carbocycles. The van der Waals surface area contributed by atoms with E-state index in [0.29, 0.717) is 105 Å². The largest absolute Gasteiger partial charge is 0.493 e. The molecule has 0 radical (unpaired) electrons. The summed E-state index contributed by atoms with van der Waals surface area (Å²) >= 11 is 22.5. The van der Waals surface area contributed by atoms with Crippen LogP contribution in [0.4, 0.5) is 0 Å². The van der Waals surface area contributed by atoms with Gasteiger partial charge in [0.15, 0.2) is 0 Å². The molecule has 16 heteroatoms. The lowest BCUT2D eigenvalue weighted by molar-refractivity contribution is -0.112. The van der Waals surface area contributed by atoms with Crippen molar-refractivity contribution in [3.8, 4) is 45.3 Å². The van der Waals surface area contributed by atoms with Crippen LogP contribution in [0.3, 0.4) is 0 Å². The molecule has 64 heavy (non-hydrogen) atoms. The van der Waals surface area contributed by atoms with Gasteiger partial charge in [-0.1, -0.05) is 12.1 Å². The summed E-state index contributed by atoms with van der Waals surface area (Å²) in [5.41, 5.74) is 8.04. The van der Waals surface area contributed by atoms with Gasteiger partial charge in [-0.25, -0.2) is 9.97 Å². The molecule has 0 unspecified atom stereocenters. The molecular weight excluding hydrogens is 902 g/mol. The van der Waals surface area contributed by atoms with Crippen LogP contribution in [0, 0.1) is 0 Å². The minimum Gasteiger partial charge on any atom is -0.493 e. The molecule has 0 spiro atoms. The van der Waals surface area contributed by atoms with Gasteiger partial charge < -0.3 is 28.9 Å². The van der Waals surface area contributed by atoms with Crippen LogP contribution < -0.4 is 18.9 Å². The third-order valence-electron chi connectivity index (χ3n) is 9.97. The first-order valence-corrected chi connectivity index (χ1v) is 22.1. The smallest absolute Gasteiger partial charge is 0.221 e. The average Bonchev–Trinajstić information content (AvgIpc) is 4.10. The summed E-state index contributed by atoms with van der Waals surface area (Å²) in [6.07, 6.45) is 9.88. The van der Waals surface area contributed by atoms with Crippen molar-refractivity contribution in [2.75, 3.05) is 26.4 Å². The normalized spacial score (nSPS) is 11.7. The van der Waals surface area contributed by atoms with Crippen LogP contribution in [0.5, 0.6) is 23.0 Å². The van der Waals surface area contributed by atoms with Crippen LogP contribution in [0.2, 0.25) is 0 Å². The summed E-state index contributed by atoms with van der Waals surface area (Å²) in [5.74, 6) is 1.99. The Morgan fingerprint density at radius 1 is 0.438 bits per heavy atom. The van der Waals surface area contributed by atoms with Crippen LogP contribution >= 0.6 is 46.4 Å². The van der Waals surface area contributed by atoms with E-state index in [-0.39, 0.29) is 52.1 Å². The van der Waals surface area contributed by atoms with Crippen molar-refractivity contribution < 1.29 is 38.1 Å². The standard InChI is InChI=1S/C48H42Cl4N4O8/c49-41(57)11-3-23-61-37-7-1-8-38(62-24-4-12-42(50)58)47(37)45-33-19-15-29(53-33)27-31-17-21-35(55-31)46(36-22-18-32(56-36)28-30-16-20-34(45)54-30)48-39(63-25-5-13-43(51)59)9-2-10-40(48)64-26-6-14-44(52)60/h1-2,7-10,15-22,27-28,53,56H,3-6,11-14,23-26H2. The maximum absolute atomic E-state index is 11.5. The molecular formula is C48H42Cl4N4O8. The molecule has 12 nitrogen and oxygen atoms in total. The van der Waals surface area contributed by atoms with Gasteiger partial charge in [-0.2, -0.15) is 0 Å². The molecule has 0 amide bonds. The first-order valence-electron chi connectivity index (χ1n) is 20.6. The molecule has 3 aromatic heterocycles. The number of aromatic amines is 2. The second kappa shape index (κ2) is 22.1. The van der Waals surface area contributed by atoms with Crippen molar-refractivity contribution in [3.05, 3.63) is 95.6 Å². The fourth-order valence-electron chi connectivity index (χ4n) is 7.17. The van der Waals surface area contributed by atoms with E-state index in [0.717, 1.165) is 11.0 Å². The maximum atomic E-state index is 11.5. The number of hydrogen-bond acceptors (Lipinski definition) is 10. The van der Waals surface area contributed by atoms with Crippen molar-refractivity contribution >= 4 is 114 Å². The molecule has 2 N–H and O–H groups in total. The Morgan fingerprint density at radius 2 is 0.766 bits per heavy atom. The number of hydrogen-bond donors (Lipinski definition) is 2. The van der Waals surface area contributed by atoms with E-state index in [9.17, 15) is 19.2 Å². The fourth-order valence-corrected chi connectivity index (χ4v) is 7.70. The van der Waals surface area contributed by atoms with Crippen LogP contribution in [-0.4, -0.2) is 67.3 Å². The molecule has 330 valence electrons. The number of carbonyl (C=O) groups excluding carboxylic acids is 4. The molecule has 0 aliphatic carbocycles. The second-order valence-electron chi connectivity index (χ2n) is 14.7. The highest BCUT2D eigenvalue weighted by molar-refractivity contribution is 6.64. The van der Waals surface area contributed by atoms with E-state index in [1.807, 2.05) is 97.1 Å². The van der Waals surface area contributed by atoms with E-state index in [4.69, 9.17) is 75.3 Å². The number of nitrogens with zero attached hydrogens (tertiary/aromatic N) is 2. The third kappa shape index (κ3) is 12.2. The number of fused-ring (bicyclic) bond motifs is 8. The minimum atomic E-state index is -0.448. The lowest BCUT2D eigenvalue weighted by Crippen LogP contribution is -2.05. The summed E-state index contributed by atoms with van der Waals surface area (Å²) in [6, 6.07) is 22.6. The number of ether oxygens (including phenoxy) is 4. The minimum absolute atomic E-state index is 0.151. The van der Waals surface area contributed by atoms with Crippen LogP contribution in [0.1, 0.15) is 74.1 Å². The molecule has 0 saturated carbocycles. The number of rotatable bonds is 22. The second-order valence-corrected chi connectivity index (χ2v) is 16.4. The zero-order valence-corrected chi connectivity index (χ0v) is 37.4. The van der Waals surface area contributed by atoms with Crippen molar-refractivity contribution in [2.24, 2.45) is 0 Å². The van der Waals surface area contributed by atoms with E-state index < -0.39 is 21.0 Å². The van der Waals surface area contributed by atoms with Crippen LogP contribution in [-0.2, 0) is 19.2 Å². The summed E-state index contributed by atoms with van der Waals surface area (Å²) < 4.78 is 25.3. The molecule has 0 saturated heterocycles. The van der Waals surface area contributed by atoms with Crippen molar-refractivity contribution in [2.45, 2.75) is 51.4 Å².